The van der Waals surface area contributed by atoms with Crippen LogP contribution in [0, 0.1) is 5.92 Å². The Hall–Kier alpha value is -2.86. The lowest BCUT2D eigenvalue weighted by molar-refractivity contribution is -0.122. The smallest absolute Gasteiger partial charge is 0.290 e. The largest absolute Gasteiger partial charge is 0.483 e. The van der Waals surface area contributed by atoms with Gasteiger partial charge in [-0.15, -0.1) is 0 Å². The molecule has 1 fully saturated rings. The van der Waals surface area contributed by atoms with Gasteiger partial charge in [0.05, 0.1) is 0 Å². The Bertz CT molecular complexity index is 791. The summed E-state index contributed by atoms with van der Waals surface area (Å²) in [6, 6.07) is 14.4. The van der Waals surface area contributed by atoms with Gasteiger partial charge in [-0.1, -0.05) is 23.7 Å². The molecule has 142 valence electrons. The van der Waals surface area contributed by atoms with Crippen LogP contribution in [0.15, 0.2) is 48.5 Å². The molecule has 1 heterocycles. The predicted molar refractivity (Wildman–Crippen MR) is 103 cm³/mol. The number of amides is 2. The lowest BCUT2D eigenvalue weighted by Crippen LogP contribution is -2.29. The summed E-state index contributed by atoms with van der Waals surface area (Å²) in [7, 11) is 0. The summed E-state index contributed by atoms with van der Waals surface area (Å²) in [4.78, 5) is 33.9. The third-order valence-corrected chi connectivity index (χ3v) is 4.68. The van der Waals surface area contributed by atoms with Gasteiger partial charge < -0.3 is 15.7 Å². The molecule has 3 rings (SSSR count). The van der Waals surface area contributed by atoms with E-state index in [1.807, 2.05) is 29.2 Å². The molecule has 1 aliphatic heterocycles. The van der Waals surface area contributed by atoms with E-state index in [1.165, 1.54) is 5.56 Å². The topological polar surface area (TPSA) is 101 Å². The monoisotopic (exact) mass is 388 g/mol. The molecule has 1 unspecified atom stereocenters. The van der Waals surface area contributed by atoms with Crippen molar-refractivity contribution in [2.45, 2.75) is 12.8 Å². The molecule has 2 aromatic carbocycles. The molecular weight excluding hydrogens is 368 g/mol. The van der Waals surface area contributed by atoms with Gasteiger partial charge >= 0.3 is 0 Å². The van der Waals surface area contributed by atoms with Crippen molar-refractivity contribution in [3.8, 4) is 0 Å². The van der Waals surface area contributed by atoms with Gasteiger partial charge in [-0.2, -0.15) is 0 Å². The number of hydrogen-bond acceptors (Lipinski definition) is 3. The van der Waals surface area contributed by atoms with Crippen LogP contribution in [0.4, 0.5) is 0 Å². The Labute approximate surface area is 162 Å². The third-order valence-electron chi connectivity index (χ3n) is 4.43. The van der Waals surface area contributed by atoms with Crippen LogP contribution in [0.5, 0.6) is 0 Å². The lowest BCUT2D eigenvalue weighted by atomic mass is 9.99. The van der Waals surface area contributed by atoms with Gasteiger partial charge in [-0.25, -0.2) is 0 Å². The van der Waals surface area contributed by atoms with Crippen molar-refractivity contribution in [3.05, 3.63) is 70.2 Å². The summed E-state index contributed by atoms with van der Waals surface area (Å²) in [5, 5.41) is 7.63. The zero-order valence-electron chi connectivity index (χ0n) is 14.7. The molecule has 27 heavy (non-hydrogen) atoms. The van der Waals surface area contributed by atoms with Crippen LogP contribution in [0.25, 0.3) is 0 Å². The molecule has 7 heteroatoms. The minimum absolute atomic E-state index is 0.00428. The molecule has 0 aromatic heterocycles. The van der Waals surface area contributed by atoms with Gasteiger partial charge in [0.1, 0.15) is 0 Å². The molecule has 0 spiro atoms. The molecule has 3 N–H and O–H groups in total. The number of nitrogens with zero attached hydrogens (tertiary/aromatic N) is 1. The number of hydrogen-bond donors (Lipinski definition) is 2. The molecule has 0 saturated carbocycles. The van der Waals surface area contributed by atoms with E-state index in [4.69, 9.17) is 27.2 Å². The van der Waals surface area contributed by atoms with E-state index in [0.29, 0.717) is 17.0 Å². The summed E-state index contributed by atoms with van der Waals surface area (Å²) < 4.78 is 0. The minimum atomic E-state index is -0.488. The van der Waals surface area contributed by atoms with Crippen molar-refractivity contribution in [2.24, 2.45) is 11.7 Å². The van der Waals surface area contributed by atoms with Crippen molar-refractivity contribution in [2.75, 3.05) is 13.1 Å². The highest BCUT2D eigenvalue weighted by molar-refractivity contribution is 6.30. The van der Waals surface area contributed by atoms with Crippen LogP contribution < -0.4 is 5.73 Å². The first kappa shape index (κ1) is 20.5. The zero-order valence-corrected chi connectivity index (χ0v) is 15.4. The second-order valence-corrected chi connectivity index (χ2v) is 6.72. The number of likely N-dealkylation sites (tertiary alicyclic amines) is 1. The quantitative estimate of drug-likeness (QED) is 0.786. The number of primary amides is 1. The van der Waals surface area contributed by atoms with Crippen molar-refractivity contribution in [3.63, 3.8) is 0 Å². The number of carboxylic acid groups (broad SMARTS) is 1. The Morgan fingerprint density at radius 2 is 1.67 bits per heavy atom. The van der Waals surface area contributed by atoms with E-state index in [2.05, 4.69) is 0 Å². The van der Waals surface area contributed by atoms with Gasteiger partial charge in [0, 0.05) is 29.2 Å². The molecule has 2 aromatic rings. The average Bonchev–Trinajstić information content (AvgIpc) is 3.12. The van der Waals surface area contributed by atoms with E-state index in [-0.39, 0.29) is 12.4 Å². The number of rotatable bonds is 4. The van der Waals surface area contributed by atoms with Crippen molar-refractivity contribution < 1.29 is 19.5 Å². The van der Waals surface area contributed by atoms with Gasteiger partial charge in [-0.3, -0.25) is 14.4 Å². The fraction of sp³-hybridized carbons (Fsp3) is 0.250. The summed E-state index contributed by atoms with van der Waals surface area (Å²) in [6.45, 7) is 1.26. The molecule has 6 nitrogen and oxygen atoms in total. The number of benzene rings is 2. The van der Waals surface area contributed by atoms with Gasteiger partial charge in [0.2, 0.25) is 5.91 Å². The zero-order chi connectivity index (χ0) is 19.8. The molecule has 0 bridgehead atoms. The van der Waals surface area contributed by atoms with Crippen LogP contribution >= 0.6 is 11.6 Å². The third kappa shape index (κ3) is 5.82. The number of carbonyl (C=O) groups excluding carboxylic acids is 2. The van der Waals surface area contributed by atoms with Gasteiger partial charge in [0.15, 0.2) is 0 Å². The van der Waals surface area contributed by atoms with Crippen LogP contribution in [0.2, 0.25) is 5.02 Å². The molecule has 1 atom stereocenters. The van der Waals surface area contributed by atoms with Crippen molar-refractivity contribution >= 4 is 29.9 Å². The van der Waals surface area contributed by atoms with E-state index >= 15 is 0 Å². The van der Waals surface area contributed by atoms with Crippen molar-refractivity contribution in [1.82, 2.24) is 4.90 Å². The first-order valence-electron chi connectivity index (χ1n) is 8.46. The van der Waals surface area contributed by atoms with Crippen LogP contribution in [0.1, 0.15) is 32.7 Å². The maximum Gasteiger partial charge on any atom is 0.290 e. The highest BCUT2D eigenvalue weighted by Crippen LogP contribution is 2.23. The van der Waals surface area contributed by atoms with Gasteiger partial charge in [-0.05, 0) is 60.7 Å². The maximum atomic E-state index is 12.6. The molecular formula is C20H21ClN2O4. The molecule has 2 amide bonds. The van der Waals surface area contributed by atoms with E-state index in [9.17, 15) is 9.59 Å². The second-order valence-electron chi connectivity index (χ2n) is 6.28. The standard InChI is InChI=1S/C19H19ClN2O2.CH2O2/c20-17-7-1-13(2-8-17)11-14-9-10-22(12-14)19(24)16-5-3-15(4-6-16)18(21)23;2-1-3/h1-8,14H,9-12H2,(H2,21,23);1H,(H,2,3). The number of halogens is 1. The van der Waals surface area contributed by atoms with Crippen LogP contribution in [-0.4, -0.2) is 41.4 Å². The first-order valence-corrected chi connectivity index (χ1v) is 8.83. The highest BCUT2D eigenvalue weighted by Gasteiger charge is 2.27. The summed E-state index contributed by atoms with van der Waals surface area (Å²) in [6.07, 6.45) is 1.94. The predicted octanol–water partition coefficient (Wildman–Crippen LogP) is 2.84. The van der Waals surface area contributed by atoms with Crippen LogP contribution in [-0.2, 0) is 11.2 Å². The van der Waals surface area contributed by atoms with Crippen LogP contribution in [0.3, 0.4) is 0 Å². The molecule has 1 saturated heterocycles. The van der Waals surface area contributed by atoms with E-state index < -0.39 is 5.91 Å². The van der Waals surface area contributed by atoms with Crippen molar-refractivity contribution in [1.29, 1.82) is 0 Å². The lowest BCUT2D eigenvalue weighted by Gasteiger charge is -2.17. The number of carbonyl (C=O) groups is 3. The average molecular weight is 389 g/mol. The van der Waals surface area contributed by atoms with Gasteiger partial charge in [0.25, 0.3) is 12.4 Å². The van der Waals surface area contributed by atoms with E-state index in [0.717, 1.165) is 31.0 Å². The summed E-state index contributed by atoms with van der Waals surface area (Å²) >= 11 is 5.91. The Kier molecular flexibility index (Phi) is 7.37. The SMILES string of the molecule is NC(=O)c1ccc(C(=O)N2CCC(Cc3ccc(Cl)cc3)C2)cc1.O=CO. The normalized spacial score (nSPS) is 15.6. The van der Waals surface area contributed by atoms with E-state index in [1.54, 1.807) is 24.3 Å². The second kappa shape index (κ2) is 9.73. The fourth-order valence-corrected chi connectivity index (χ4v) is 3.22. The Morgan fingerprint density at radius 3 is 2.22 bits per heavy atom. The summed E-state index contributed by atoms with van der Waals surface area (Å²) in [5.41, 5.74) is 7.46. The highest BCUT2D eigenvalue weighted by atomic mass is 35.5. The Balaban J connectivity index is 0.000000817. The molecule has 1 aliphatic rings. The maximum absolute atomic E-state index is 12.6. The first-order chi connectivity index (χ1) is 12.9. The number of nitrogens with two attached hydrogens (primary N) is 1. The summed E-state index contributed by atoms with van der Waals surface area (Å²) in [5.74, 6) is -0.0251. The molecule has 0 radical (unpaired) electrons. The molecule has 0 aliphatic carbocycles. The minimum Gasteiger partial charge on any atom is -0.483 e. The fourth-order valence-electron chi connectivity index (χ4n) is 3.10. The Morgan fingerprint density at radius 1 is 1.11 bits per heavy atom.